The van der Waals surface area contributed by atoms with E-state index >= 15 is 0 Å². The Morgan fingerprint density at radius 3 is 2.88 bits per heavy atom. The fraction of sp³-hybridized carbons (Fsp3) is 0.364. The number of oxime groups is 1. The summed E-state index contributed by atoms with van der Waals surface area (Å²) >= 11 is 3.35. The third kappa shape index (κ3) is 4.20. The Morgan fingerprint density at radius 1 is 1.50 bits per heavy atom. The molecule has 0 bridgehead atoms. The molecule has 0 aromatic heterocycles. The molecule has 0 atom stereocenters. The fourth-order valence-corrected chi connectivity index (χ4v) is 1.53. The van der Waals surface area contributed by atoms with Crippen molar-refractivity contribution >= 4 is 22.1 Å². The lowest BCUT2D eigenvalue weighted by atomic mass is 10.2. The van der Waals surface area contributed by atoms with Crippen molar-refractivity contribution in [2.75, 3.05) is 27.2 Å². The normalized spacial score (nSPS) is 11.2. The Hall–Kier alpha value is -1.07. The van der Waals surface area contributed by atoms with Crippen molar-refractivity contribution in [2.24, 2.45) is 5.16 Å². The van der Waals surface area contributed by atoms with Crippen molar-refractivity contribution in [3.05, 3.63) is 28.2 Å². The summed E-state index contributed by atoms with van der Waals surface area (Å²) in [5.74, 6) is 0.711. The van der Waals surface area contributed by atoms with Crippen molar-refractivity contribution < 1.29 is 9.94 Å². The highest BCUT2D eigenvalue weighted by atomic mass is 79.9. The molecule has 0 unspecified atom stereocenters. The molecule has 16 heavy (non-hydrogen) atoms. The SMILES string of the molecule is CN(C)CCOc1ccc(Br)cc1C=NO. The lowest BCUT2D eigenvalue weighted by Gasteiger charge is -2.12. The second-order valence-electron chi connectivity index (χ2n) is 3.58. The van der Waals surface area contributed by atoms with Gasteiger partial charge in [-0.2, -0.15) is 0 Å². The predicted molar refractivity (Wildman–Crippen MR) is 67.6 cm³/mol. The van der Waals surface area contributed by atoms with E-state index in [1.54, 1.807) is 0 Å². The van der Waals surface area contributed by atoms with E-state index in [1.807, 2.05) is 37.2 Å². The molecular weight excluding hydrogens is 272 g/mol. The minimum Gasteiger partial charge on any atom is -0.492 e. The van der Waals surface area contributed by atoms with Gasteiger partial charge in [-0.1, -0.05) is 21.1 Å². The van der Waals surface area contributed by atoms with Crippen molar-refractivity contribution in [1.82, 2.24) is 4.90 Å². The van der Waals surface area contributed by atoms with Crippen LogP contribution in [-0.4, -0.2) is 43.6 Å². The molecule has 0 spiro atoms. The standard InChI is InChI=1S/C11H15BrN2O2/c1-14(2)5-6-16-11-4-3-10(12)7-9(11)8-13-15/h3-4,7-8,15H,5-6H2,1-2H3. The van der Waals surface area contributed by atoms with Gasteiger partial charge in [-0.15, -0.1) is 0 Å². The highest BCUT2D eigenvalue weighted by Gasteiger charge is 2.03. The predicted octanol–water partition coefficient (Wildman–Crippen LogP) is 2.20. The summed E-state index contributed by atoms with van der Waals surface area (Å²) in [6.45, 7) is 1.44. The first-order valence-electron chi connectivity index (χ1n) is 4.88. The maximum atomic E-state index is 8.54. The Bertz CT molecular complexity index is 367. The number of benzene rings is 1. The molecule has 0 aliphatic carbocycles. The molecular formula is C11H15BrN2O2. The Kier molecular flexibility index (Phi) is 5.28. The second kappa shape index (κ2) is 6.50. The molecule has 0 amide bonds. The number of nitrogens with zero attached hydrogens (tertiary/aromatic N) is 2. The van der Waals surface area contributed by atoms with E-state index in [0.29, 0.717) is 12.4 Å². The summed E-state index contributed by atoms with van der Waals surface area (Å²) in [6, 6.07) is 5.57. The van der Waals surface area contributed by atoms with Gasteiger partial charge >= 0.3 is 0 Å². The number of halogens is 1. The van der Waals surface area contributed by atoms with E-state index in [4.69, 9.17) is 9.94 Å². The van der Waals surface area contributed by atoms with Crippen LogP contribution in [0.5, 0.6) is 5.75 Å². The molecule has 0 aliphatic rings. The van der Waals surface area contributed by atoms with Crippen LogP contribution in [0.4, 0.5) is 0 Å². The van der Waals surface area contributed by atoms with Crippen molar-refractivity contribution in [2.45, 2.75) is 0 Å². The van der Waals surface area contributed by atoms with Gasteiger partial charge in [0.15, 0.2) is 0 Å². The summed E-state index contributed by atoms with van der Waals surface area (Å²) in [5.41, 5.74) is 0.746. The highest BCUT2D eigenvalue weighted by Crippen LogP contribution is 2.21. The molecule has 1 aromatic carbocycles. The lowest BCUT2D eigenvalue weighted by Crippen LogP contribution is -2.19. The minimum absolute atomic E-state index is 0.598. The molecule has 0 saturated carbocycles. The van der Waals surface area contributed by atoms with Crippen LogP contribution in [-0.2, 0) is 0 Å². The van der Waals surface area contributed by atoms with Gasteiger partial charge in [0, 0.05) is 16.6 Å². The van der Waals surface area contributed by atoms with Gasteiger partial charge in [0.2, 0.25) is 0 Å². The number of likely N-dealkylation sites (N-methyl/N-ethyl adjacent to an activating group) is 1. The minimum atomic E-state index is 0.598. The molecule has 0 aliphatic heterocycles. The molecule has 0 radical (unpaired) electrons. The van der Waals surface area contributed by atoms with E-state index in [0.717, 1.165) is 16.6 Å². The number of rotatable bonds is 5. The number of hydrogen-bond donors (Lipinski definition) is 1. The van der Waals surface area contributed by atoms with Crippen LogP contribution < -0.4 is 4.74 Å². The Morgan fingerprint density at radius 2 is 2.25 bits per heavy atom. The van der Waals surface area contributed by atoms with Crippen molar-refractivity contribution in [3.8, 4) is 5.75 Å². The van der Waals surface area contributed by atoms with Crippen LogP contribution in [0, 0.1) is 0 Å². The van der Waals surface area contributed by atoms with Gasteiger partial charge in [-0.3, -0.25) is 0 Å². The topological polar surface area (TPSA) is 45.1 Å². The molecule has 0 heterocycles. The van der Waals surface area contributed by atoms with Crippen LogP contribution >= 0.6 is 15.9 Å². The van der Waals surface area contributed by atoms with Crippen molar-refractivity contribution in [1.29, 1.82) is 0 Å². The first-order valence-corrected chi connectivity index (χ1v) is 5.67. The monoisotopic (exact) mass is 286 g/mol. The zero-order chi connectivity index (χ0) is 12.0. The third-order valence-electron chi connectivity index (χ3n) is 1.96. The zero-order valence-electron chi connectivity index (χ0n) is 9.35. The van der Waals surface area contributed by atoms with Gasteiger partial charge in [0.1, 0.15) is 12.4 Å². The van der Waals surface area contributed by atoms with E-state index < -0.39 is 0 Å². The maximum absolute atomic E-state index is 8.54. The Labute approximate surface area is 104 Å². The van der Waals surface area contributed by atoms with Gasteiger partial charge in [-0.25, -0.2) is 0 Å². The average molecular weight is 287 g/mol. The second-order valence-corrected chi connectivity index (χ2v) is 4.49. The molecule has 0 fully saturated rings. The van der Waals surface area contributed by atoms with Gasteiger partial charge in [0.25, 0.3) is 0 Å². The smallest absolute Gasteiger partial charge is 0.128 e. The fourth-order valence-electron chi connectivity index (χ4n) is 1.15. The molecule has 5 heteroatoms. The first kappa shape index (κ1) is 13.0. The molecule has 1 N–H and O–H groups in total. The maximum Gasteiger partial charge on any atom is 0.128 e. The first-order chi connectivity index (χ1) is 7.63. The van der Waals surface area contributed by atoms with Gasteiger partial charge < -0.3 is 14.8 Å². The van der Waals surface area contributed by atoms with Crippen LogP contribution in [0.1, 0.15) is 5.56 Å². The summed E-state index contributed by atoms with van der Waals surface area (Å²) < 4.78 is 6.51. The summed E-state index contributed by atoms with van der Waals surface area (Å²) in [4.78, 5) is 2.04. The Balaban J connectivity index is 2.70. The third-order valence-corrected chi connectivity index (χ3v) is 2.46. The van der Waals surface area contributed by atoms with Crippen LogP contribution in [0.15, 0.2) is 27.8 Å². The summed E-state index contributed by atoms with van der Waals surface area (Å²) in [7, 11) is 3.97. The molecule has 4 nitrogen and oxygen atoms in total. The number of hydrogen-bond acceptors (Lipinski definition) is 4. The van der Waals surface area contributed by atoms with E-state index in [2.05, 4.69) is 21.1 Å². The van der Waals surface area contributed by atoms with E-state index in [9.17, 15) is 0 Å². The molecule has 0 saturated heterocycles. The number of ether oxygens (including phenoxy) is 1. The van der Waals surface area contributed by atoms with Crippen LogP contribution in [0.2, 0.25) is 0 Å². The van der Waals surface area contributed by atoms with Crippen LogP contribution in [0.25, 0.3) is 0 Å². The average Bonchev–Trinajstić information content (AvgIpc) is 2.21. The van der Waals surface area contributed by atoms with Gasteiger partial charge in [-0.05, 0) is 32.3 Å². The van der Waals surface area contributed by atoms with Crippen LogP contribution in [0.3, 0.4) is 0 Å². The highest BCUT2D eigenvalue weighted by molar-refractivity contribution is 9.10. The zero-order valence-corrected chi connectivity index (χ0v) is 10.9. The van der Waals surface area contributed by atoms with Gasteiger partial charge in [0.05, 0.1) is 6.21 Å². The summed E-state index contributed by atoms with van der Waals surface area (Å²) in [6.07, 6.45) is 1.36. The largest absolute Gasteiger partial charge is 0.492 e. The van der Waals surface area contributed by atoms with Crippen molar-refractivity contribution in [3.63, 3.8) is 0 Å². The summed E-state index contributed by atoms with van der Waals surface area (Å²) in [5, 5.41) is 11.6. The molecule has 1 aromatic rings. The molecule has 1 rings (SSSR count). The van der Waals surface area contributed by atoms with E-state index in [1.165, 1.54) is 6.21 Å². The lowest BCUT2D eigenvalue weighted by molar-refractivity contribution is 0.261. The molecule has 88 valence electrons. The van der Waals surface area contributed by atoms with E-state index in [-0.39, 0.29) is 0 Å². The quantitative estimate of drug-likeness (QED) is 0.513.